The summed E-state index contributed by atoms with van der Waals surface area (Å²) < 4.78 is 0. The summed E-state index contributed by atoms with van der Waals surface area (Å²) in [6.07, 6.45) is 0. The van der Waals surface area contributed by atoms with Crippen LogP contribution in [0.4, 0.5) is 5.13 Å². The van der Waals surface area contributed by atoms with Crippen molar-refractivity contribution in [2.75, 3.05) is 22.6 Å². The number of amides is 1. The van der Waals surface area contributed by atoms with E-state index >= 15 is 0 Å². The van der Waals surface area contributed by atoms with Crippen molar-refractivity contribution in [2.45, 2.75) is 5.25 Å². The number of hydrogen-bond donors (Lipinski definition) is 1. The van der Waals surface area contributed by atoms with E-state index in [1.54, 1.807) is 23.9 Å². The second kappa shape index (κ2) is 7.45. The van der Waals surface area contributed by atoms with Crippen LogP contribution in [-0.4, -0.2) is 33.4 Å². The Labute approximate surface area is 151 Å². The number of carbonyl (C=O) groups is 1. The zero-order valence-electron chi connectivity index (χ0n) is 11.3. The molecule has 22 heavy (non-hydrogen) atoms. The molecule has 1 fully saturated rings. The number of hydrogen-bond acceptors (Lipinski definition) is 5. The van der Waals surface area contributed by atoms with E-state index in [1.807, 2.05) is 23.2 Å². The molecule has 0 spiro atoms. The Balaban J connectivity index is 1.72. The summed E-state index contributed by atoms with van der Waals surface area (Å²) in [7, 11) is 0. The lowest BCUT2D eigenvalue weighted by Gasteiger charge is -2.19. The number of anilines is 1. The fraction of sp³-hybridized carbons (Fsp3) is 0.286. The van der Waals surface area contributed by atoms with Gasteiger partial charge in [-0.2, -0.15) is 11.8 Å². The highest BCUT2D eigenvalue weighted by atomic mass is 35.5. The van der Waals surface area contributed by atoms with Crippen LogP contribution < -0.4 is 5.32 Å². The van der Waals surface area contributed by atoms with Crippen LogP contribution >= 0.6 is 58.1 Å². The number of thioether (sulfide) groups is 2. The zero-order chi connectivity index (χ0) is 15.5. The highest BCUT2D eigenvalue weighted by Crippen LogP contribution is 2.33. The second-order valence-corrected chi connectivity index (χ2v) is 8.75. The van der Waals surface area contributed by atoms with Gasteiger partial charge in [-0.1, -0.05) is 23.2 Å². The summed E-state index contributed by atoms with van der Waals surface area (Å²) in [4.78, 5) is 16.7. The number of benzene rings is 1. The van der Waals surface area contributed by atoms with Crippen LogP contribution in [0.25, 0.3) is 11.3 Å². The molecule has 2 heterocycles. The van der Waals surface area contributed by atoms with Crippen LogP contribution in [0.15, 0.2) is 23.6 Å². The van der Waals surface area contributed by atoms with E-state index in [0.717, 1.165) is 28.5 Å². The van der Waals surface area contributed by atoms with Crippen LogP contribution in [-0.2, 0) is 4.79 Å². The lowest BCUT2D eigenvalue weighted by Crippen LogP contribution is -2.30. The minimum absolute atomic E-state index is 0.00483. The Morgan fingerprint density at radius 2 is 2.18 bits per heavy atom. The van der Waals surface area contributed by atoms with E-state index in [4.69, 9.17) is 23.2 Å². The third-order valence-corrected chi connectivity index (χ3v) is 7.11. The number of carbonyl (C=O) groups excluding carboxylic acids is 1. The van der Waals surface area contributed by atoms with E-state index in [2.05, 4.69) is 10.3 Å². The lowest BCUT2D eigenvalue weighted by molar-refractivity contribution is -0.115. The van der Waals surface area contributed by atoms with Gasteiger partial charge in [-0.05, 0) is 18.2 Å². The maximum absolute atomic E-state index is 12.2. The average molecular weight is 391 g/mol. The minimum Gasteiger partial charge on any atom is -0.301 e. The van der Waals surface area contributed by atoms with Crippen molar-refractivity contribution < 1.29 is 4.79 Å². The van der Waals surface area contributed by atoms with Crippen molar-refractivity contribution >= 4 is 69.1 Å². The molecular weight excluding hydrogens is 379 g/mol. The first kappa shape index (κ1) is 16.5. The van der Waals surface area contributed by atoms with Crippen LogP contribution in [0, 0.1) is 0 Å². The van der Waals surface area contributed by atoms with Crippen molar-refractivity contribution in [1.29, 1.82) is 0 Å². The maximum atomic E-state index is 12.2. The van der Waals surface area contributed by atoms with Crippen molar-refractivity contribution in [3.05, 3.63) is 33.6 Å². The molecule has 1 saturated heterocycles. The number of halogens is 2. The second-order valence-electron chi connectivity index (χ2n) is 4.59. The molecule has 1 aromatic carbocycles. The smallest absolute Gasteiger partial charge is 0.240 e. The van der Waals surface area contributed by atoms with Gasteiger partial charge in [0.05, 0.1) is 16.0 Å². The standard InChI is InChI=1S/C14H12Cl2N2OS3/c15-8-1-2-9(10(16)5-8)11-6-22-14(17-11)18-13(19)12-7-20-3-4-21-12/h1-2,5-6,12H,3-4,7H2,(H,17,18,19). The molecule has 0 radical (unpaired) electrons. The SMILES string of the molecule is O=C(Nc1nc(-c2ccc(Cl)cc2Cl)cs1)C1CSCCS1. The van der Waals surface area contributed by atoms with Crippen molar-refractivity contribution in [3.63, 3.8) is 0 Å². The molecule has 2 aromatic rings. The molecule has 1 amide bonds. The summed E-state index contributed by atoms with van der Waals surface area (Å²) >= 11 is 17.0. The molecule has 1 unspecified atom stereocenters. The largest absolute Gasteiger partial charge is 0.301 e. The molecule has 1 aliphatic rings. The van der Waals surface area contributed by atoms with Gasteiger partial charge in [-0.3, -0.25) is 4.79 Å². The van der Waals surface area contributed by atoms with Crippen molar-refractivity contribution in [1.82, 2.24) is 4.98 Å². The summed E-state index contributed by atoms with van der Waals surface area (Å²) in [5.74, 6) is 3.02. The number of nitrogens with zero attached hydrogens (tertiary/aromatic N) is 1. The Bertz CT molecular complexity index is 686. The monoisotopic (exact) mass is 390 g/mol. The van der Waals surface area contributed by atoms with Gasteiger partial charge >= 0.3 is 0 Å². The van der Waals surface area contributed by atoms with Crippen LogP contribution in [0.5, 0.6) is 0 Å². The van der Waals surface area contributed by atoms with Gasteiger partial charge in [0.1, 0.15) is 0 Å². The minimum atomic E-state index is 0.00483. The molecule has 1 N–H and O–H groups in total. The molecule has 1 atom stereocenters. The van der Waals surface area contributed by atoms with E-state index in [9.17, 15) is 4.79 Å². The van der Waals surface area contributed by atoms with Gasteiger partial charge in [0.25, 0.3) is 0 Å². The van der Waals surface area contributed by atoms with Crippen LogP contribution in [0.2, 0.25) is 10.0 Å². The summed E-state index contributed by atoms with van der Waals surface area (Å²) in [6, 6.07) is 5.29. The topological polar surface area (TPSA) is 42.0 Å². The lowest BCUT2D eigenvalue weighted by atomic mass is 10.2. The highest BCUT2D eigenvalue weighted by molar-refractivity contribution is 8.07. The Morgan fingerprint density at radius 3 is 2.91 bits per heavy atom. The van der Waals surface area contributed by atoms with Crippen LogP contribution in [0.3, 0.4) is 0 Å². The molecule has 1 aliphatic heterocycles. The highest BCUT2D eigenvalue weighted by Gasteiger charge is 2.23. The Kier molecular flexibility index (Phi) is 5.57. The third-order valence-electron chi connectivity index (χ3n) is 3.05. The fourth-order valence-corrected chi connectivity index (χ4v) is 5.75. The molecular formula is C14H12Cl2N2OS3. The molecule has 1 aromatic heterocycles. The van der Waals surface area contributed by atoms with Gasteiger partial charge < -0.3 is 5.32 Å². The average Bonchev–Trinajstić information content (AvgIpc) is 2.96. The predicted octanol–water partition coefficient (Wildman–Crippen LogP) is 4.90. The van der Waals surface area contributed by atoms with Crippen molar-refractivity contribution in [2.24, 2.45) is 0 Å². The third kappa shape index (κ3) is 3.92. The van der Waals surface area contributed by atoms with Gasteiger partial charge in [-0.25, -0.2) is 4.98 Å². The maximum Gasteiger partial charge on any atom is 0.240 e. The van der Waals surface area contributed by atoms with E-state index in [0.29, 0.717) is 15.2 Å². The molecule has 3 nitrogen and oxygen atoms in total. The molecule has 0 aliphatic carbocycles. The van der Waals surface area contributed by atoms with E-state index in [1.165, 1.54) is 11.3 Å². The summed E-state index contributed by atoms with van der Waals surface area (Å²) in [6.45, 7) is 0. The number of rotatable bonds is 3. The van der Waals surface area contributed by atoms with E-state index < -0.39 is 0 Å². The van der Waals surface area contributed by atoms with Gasteiger partial charge in [0.15, 0.2) is 5.13 Å². The van der Waals surface area contributed by atoms with Gasteiger partial charge in [-0.15, -0.1) is 23.1 Å². The molecule has 0 bridgehead atoms. The number of aromatic nitrogens is 1. The molecule has 8 heteroatoms. The van der Waals surface area contributed by atoms with Crippen molar-refractivity contribution in [3.8, 4) is 11.3 Å². The fourth-order valence-electron chi connectivity index (χ4n) is 1.98. The summed E-state index contributed by atoms with van der Waals surface area (Å²) in [5.41, 5.74) is 1.55. The van der Waals surface area contributed by atoms with Crippen LogP contribution in [0.1, 0.15) is 0 Å². The quantitative estimate of drug-likeness (QED) is 0.808. The number of thiazole rings is 1. The first-order chi connectivity index (χ1) is 10.6. The molecule has 0 saturated carbocycles. The molecule has 3 rings (SSSR count). The first-order valence-electron chi connectivity index (χ1n) is 6.54. The first-order valence-corrected chi connectivity index (χ1v) is 10.4. The Morgan fingerprint density at radius 1 is 1.32 bits per heavy atom. The normalized spacial score (nSPS) is 18.2. The summed E-state index contributed by atoms with van der Waals surface area (Å²) in [5, 5.41) is 6.52. The Hall–Kier alpha value is -0.400. The number of nitrogens with one attached hydrogen (secondary N) is 1. The zero-order valence-corrected chi connectivity index (χ0v) is 15.3. The van der Waals surface area contributed by atoms with E-state index in [-0.39, 0.29) is 11.2 Å². The van der Waals surface area contributed by atoms with Gasteiger partial charge in [0.2, 0.25) is 5.91 Å². The van der Waals surface area contributed by atoms with Gasteiger partial charge in [0, 0.05) is 33.2 Å². The predicted molar refractivity (Wildman–Crippen MR) is 99.8 cm³/mol. The molecule has 116 valence electrons.